The normalized spacial score (nSPS) is 15.0. The number of amides is 4. The van der Waals surface area contributed by atoms with E-state index in [9.17, 15) is 14.4 Å². The van der Waals surface area contributed by atoms with Crippen molar-refractivity contribution in [1.29, 1.82) is 0 Å². The number of benzene rings is 3. The zero-order valence-corrected chi connectivity index (χ0v) is 20.0. The lowest BCUT2D eigenvalue weighted by atomic mass is 10.0. The second-order valence-corrected chi connectivity index (χ2v) is 8.75. The largest absolute Gasteiger partial charge is 0.487 e. The summed E-state index contributed by atoms with van der Waals surface area (Å²) in [4.78, 5) is 39.3. The lowest BCUT2D eigenvalue weighted by Crippen LogP contribution is -2.54. The van der Waals surface area contributed by atoms with E-state index in [0.717, 1.165) is 10.5 Å². The number of halogens is 3. The maximum Gasteiger partial charge on any atom is 0.335 e. The Balaban J connectivity index is 1.75. The maximum atomic E-state index is 13.3. The molecule has 0 spiro atoms. The number of anilines is 1. The molecular weight excluding hydrogens is 499 g/mol. The molecular formula is C25H17Cl3N2O4. The molecule has 1 aliphatic rings. The number of urea groups is 1. The van der Waals surface area contributed by atoms with Gasteiger partial charge in [-0.05, 0) is 48.4 Å². The Labute approximate surface area is 210 Å². The molecule has 1 saturated heterocycles. The molecule has 0 unspecified atom stereocenters. The predicted octanol–water partition coefficient (Wildman–Crippen LogP) is 6.20. The van der Waals surface area contributed by atoms with Gasteiger partial charge in [-0.15, -0.1) is 0 Å². The molecule has 4 amide bonds. The van der Waals surface area contributed by atoms with Crippen LogP contribution in [0.1, 0.15) is 16.7 Å². The van der Waals surface area contributed by atoms with Crippen LogP contribution in [0.3, 0.4) is 0 Å². The van der Waals surface area contributed by atoms with Crippen molar-refractivity contribution in [3.63, 3.8) is 0 Å². The second kappa shape index (κ2) is 9.89. The topological polar surface area (TPSA) is 75.7 Å². The SMILES string of the molecule is Cc1ccc(Cl)cc1N1C(=O)NC(=O)/C(=C\c2cc(Cl)cc(Cl)c2OCc2ccccc2)C1=O. The number of carbonyl (C=O) groups is 3. The van der Waals surface area contributed by atoms with E-state index in [2.05, 4.69) is 5.32 Å². The van der Waals surface area contributed by atoms with Gasteiger partial charge in [0.1, 0.15) is 17.9 Å². The summed E-state index contributed by atoms with van der Waals surface area (Å²) in [5, 5.41) is 3.02. The van der Waals surface area contributed by atoms with Crippen LogP contribution >= 0.6 is 34.8 Å². The van der Waals surface area contributed by atoms with Crippen LogP contribution in [-0.2, 0) is 16.2 Å². The number of rotatable bonds is 5. The molecule has 1 N–H and O–H groups in total. The summed E-state index contributed by atoms with van der Waals surface area (Å²) in [7, 11) is 0. The minimum absolute atomic E-state index is 0.199. The number of carbonyl (C=O) groups excluding carboxylic acids is 3. The number of nitrogens with zero attached hydrogens (tertiary/aromatic N) is 1. The van der Waals surface area contributed by atoms with Gasteiger partial charge < -0.3 is 4.74 Å². The van der Waals surface area contributed by atoms with E-state index in [1.165, 1.54) is 24.3 Å². The zero-order chi connectivity index (χ0) is 24.4. The Bertz CT molecular complexity index is 1340. The Hall–Kier alpha value is -3.32. The maximum absolute atomic E-state index is 13.3. The van der Waals surface area contributed by atoms with Crippen molar-refractivity contribution in [3.8, 4) is 5.75 Å². The van der Waals surface area contributed by atoms with Crippen molar-refractivity contribution in [2.24, 2.45) is 0 Å². The lowest BCUT2D eigenvalue weighted by molar-refractivity contribution is -0.122. The Morgan fingerprint density at radius 3 is 2.41 bits per heavy atom. The van der Waals surface area contributed by atoms with Crippen LogP contribution in [0.2, 0.25) is 15.1 Å². The molecule has 0 atom stereocenters. The van der Waals surface area contributed by atoms with Crippen LogP contribution in [0.5, 0.6) is 5.75 Å². The van der Waals surface area contributed by atoms with E-state index in [1.54, 1.807) is 19.1 Å². The fourth-order valence-corrected chi connectivity index (χ4v) is 4.15. The summed E-state index contributed by atoms with van der Waals surface area (Å²) >= 11 is 18.6. The number of nitrogens with one attached hydrogen (secondary N) is 1. The third kappa shape index (κ3) is 4.94. The number of barbiturate groups is 1. The summed E-state index contributed by atoms with van der Waals surface area (Å²) in [5.74, 6) is -1.43. The Morgan fingerprint density at radius 1 is 0.941 bits per heavy atom. The summed E-state index contributed by atoms with van der Waals surface area (Å²) in [5.41, 5.74) is 1.80. The second-order valence-electron chi connectivity index (χ2n) is 7.47. The van der Waals surface area contributed by atoms with Crippen LogP contribution in [-0.4, -0.2) is 17.8 Å². The first-order chi connectivity index (χ1) is 16.2. The summed E-state index contributed by atoms with van der Waals surface area (Å²) in [6.45, 7) is 1.92. The molecule has 0 aliphatic carbocycles. The van der Waals surface area contributed by atoms with Crippen molar-refractivity contribution in [2.45, 2.75) is 13.5 Å². The highest BCUT2D eigenvalue weighted by molar-refractivity contribution is 6.40. The fourth-order valence-electron chi connectivity index (χ4n) is 3.42. The van der Waals surface area contributed by atoms with Gasteiger partial charge in [-0.2, -0.15) is 0 Å². The van der Waals surface area contributed by atoms with Gasteiger partial charge in [0.05, 0.1) is 10.7 Å². The molecule has 1 fully saturated rings. The zero-order valence-electron chi connectivity index (χ0n) is 17.8. The van der Waals surface area contributed by atoms with Gasteiger partial charge in [0, 0.05) is 15.6 Å². The van der Waals surface area contributed by atoms with Crippen LogP contribution in [0.25, 0.3) is 6.08 Å². The standard InChI is InChI=1S/C25H17Cl3N2O4/c1-14-7-8-17(26)12-21(14)30-24(32)19(23(31)29-25(30)33)10-16-9-18(27)11-20(28)22(16)34-13-15-5-3-2-4-6-15/h2-12H,13H2,1H3,(H,29,31,33)/b19-10+. The van der Waals surface area contributed by atoms with Crippen LogP contribution in [0, 0.1) is 6.92 Å². The van der Waals surface area contributed by atoms with E-state index >= 15 is 0 Å². The number of ether oxygens (including phenoxy) is 1. The molecule has 172 valence electrons. The molecule has 6 nitrogen and oxygen atoms in total. The van der Waals surface area contributed by atoms with Gasteiger partial charge in [0.25, 0.3) is 11.8 Å². The first-order valence-electron chi connectivity index (χ1n) is 10.1. The first-order valence-corrected chi connectivity index (χ1v) is 11.2. The summed E-state index contributed by atoms with van der Waals surface area (Å²) in [6, 6.07) is 16.3. The van der Waals surface area contributed by atoms with Gasteiger partial charge in [0.15, 0.2) is 0 Å². The molecule has 34 heavy (non-hydrogen) atoms. The highest BCUT2D eigenvalue weighted by Crippen LogP contribution is 2.35. The summed E-state index contributed by atoms with van der Waals surface area (Å²) < 4.78 is 5.91. The average Bonchev–Trinajstić information content (AvgIpc) is 2.78. The molecule has 3 aromatic rings. The first kappa shape index (κ1) is 23.8. The van der Waals surface area contributed by atoms with Crippen molar-refractivity contribution in [2.75, 3.05) is 4.90 Å². The predicted molar refractivity (Wildman–Crippen MR) is 132 cm³/mol. The third-order valence-electron chi connectivity index (χ3n) is 5.08. The molecule has 0 aromatic heterocycles. The molecule has 0 saturated carbocycles. The van der Waals surface area contributed by atoms with E-state index in [1.807, 2.05) is 30.3 Å². The molecule has 1 heterocycles. The van der Waals surface area contributed by atoms with Gasteiger partial charge in [-0.3, -0.25) is 14.9 Å². The van der Waals surface area contributed by atoms with Gasteiger partial charge in [-0.1, -0.05) is 71.2 Å². The fraction of sp³-hybridized carbons (Fsp3) is 0.0800. The van der Waals surface area contributed by atoms with E-state index in [-0.39, 0.29) is 33.7 Å². The van der Waals surface area contributed by atoms with E-state index < -0.39 is 17.8 Å². The molecule has 4 rings (SSSR count). The van der Waals surface area contributed by atoms with Gasteiger partial charge in [0.2, 0.25) is 0 Å². The summed E-state index contributed by atoms with van der Waals surface area (Å²) in [6.07, 6.45) is 1.30. The van der Waals surface area contributed by atoms with Crippen molar-refractivity contribution >= 4 is 64.4 Å². The number of hydrogen-bond acceptors (Lipinski definition) is 4. The smallest absolute Gasteiger partial charge is 0.335 e. The van der Waals surface area contributed by atoms with Crippen LogP contribution < -0.4 is 15.0 Å². The molecule has 0 bridgehead atoms. The van der Waals surface area contributed by atoms with Gasteiger partial charge >= 0.3 is 6.03 Å². The average molecular weight is 516 g/mol. The molecule has 1 aliphatic heterocycles. The van der Waals surface area contributed by atoms with Crippen LogP contribution in [0.4, 0.5) is 10.5 Å². The van der Waals surface area contributed by atoms with Crippen LogP contribution in [0.15, 0.2) is 66.2 Å². The molecule has 9 heteroatoms. The van der Waals surface area contributed by atoms with Crippen molar-refractivity contribution in [1.82, 2.24) is 5.32 Å². The van der Waals surface area contributed by atoms with E-state index in [0.29, 0.717) is 16.1 Å². The highest BCUT2D eigenvalue weighted by atomic mass is 35.5. The van der Waals surface area contributed by atoms with Gasteiger partial charge in [-0.25, -0.2) is 9.69 Å². The third-order valence-corrected chi connectivity index (χ3v) is 5.81. The lowest BCUT2D eigenvalue weighted by Gasteiger charge is -2.27. The van der Waals surface area contributed by atoms with Crippen molar-refractivity contribution in [3.05, 3.63) is 98.0 Å². The monoisotopic (exact) mass is 514 g/mol. The number of hydrogen-bond donors (Lipinski definition) is 1. The minimum Gasteiger partial charge on any atom is -0.487 e. The Kier molecular flexibility index (Phi) is 6.93. The minimum atomic E-state index is -0.873. The Morgan fingerprint density at radius 2 is 1.68 bits per heavy atom. The quantitative estimate of drug-likeness (QED) is 0.324. The number of aryl methyl sites for hydroxylation is 1. The molecule has 0 radical (unpaired) electrons. The highest BCUT2D eigenvalue weighted by Gasteiger charge is 2.37. The van der Waals surface area contributed by atoms with Crippen molar-refractivity contribution < 1.29 is 19.1 Å². The number of imide groups is 2. The molecule has 3 aromatic carbocycles. The van der Waals surface area contributed by atoms with E-state index in [4.69, 9.17) is 39.5 Å².